The van der Waals surface area contributed by atoms with E-state index in [-0.39, 0.29) is 29.4 Å². The van der Waals surface area contributed by atoms with Crippen LogP contribution in [-0.4, -0.2) is 16.0 Å². The molecule has 4 nitrogen and oxygen atoms in total. The van der Waals surface area contributed by atoms with E-state index in [2.05, 4.69) is 10.3 Å². The van der Waals surface area contributed by atoms with Gasteiger partial charge in [-0.1, -0.05) is 42.5 Å². The van der Waals surface area contributed by atoms with Crippen LogP contribution in [0.3, 0.4) is 0 Å². The van der Waals surface area contributed by atoms with Crippen molar-refractivity contribution < 1.29 is 36.2 Å². The maximum Gasteiger partial charge on any atom is 0.416 e. The number of phenols is 1. The molecule has 0 saturated carbocycles. The molecule has 0 radical (unpaired) electrons. The summed E-state index contributed by atoms with van der Waals surface area (Å²) in [6, 6.07) is 16.8. The lowest BCUT2D eigenvalue weighted by molar-refractivity contribution is -0.143. The molecule has 202 valence electrons. The largest absolute Gasteiger partial charge is 0.508 e. The second-order valence-electron chi connectivity index (χ2n) is 8.94. The van der Waals surface area contributed by atoms with Crippen LogP contribution in [0.4, 0.5) is 26.3 Å². The Morgan fingerprint density at radius 2 is 1.46 bits per heavy atom. The third-order valence-electron chi connectivity index (χ3n) is 6.10. The number of halogens is 6. The SMILES string of the molecule is Cc1ccccc1-c1cc(Cc2ccccc2O)ncc1C(=O)NCc1cc(C(F)(F)F)cc(C(F)(F)F)c1. The van der Waals surface area contributed by atoms with Crippen LogP contribution in [0.15, 0.2) is 79.0 Å². The average molecular weight is 544 g/mol. The van der Waals surface area contributed by atoms with Crippen molar-refractivity contribution in [3.05, 3.63) is 118 Å². The quantitative estimate of drug-likeness (QED) is 0.250. The van der Waals surface area contributed by atoms with Gasteiger partial charge in [-0.2, -0.15) is 26.3 Å². The third-order valence-corrected chi connectivity index (χ3v) is 6.10. The second-order valence-corrected chi connectivity index (χ2v) is 8.94. The van der Waals surface area contributed by atoms with Crippen LogP contribution in [0.5, 0.6) is 5.75 Å². The van der Waals surface area contributed by atoms with E-state index in [1.54, 1.807) is 36.4 Å². The lowest BCUT2D eigenvalue weighted by Crippen LogP contribution is -2.24. The summed E-state index contributed by atoms with van der Waals surface area (Å²) in [4.78, 5) is 17.5. The highest BCUT2D eigenvalue weighted by molar-refractivity contribution is 6.01. The first kappa shape index (κ1) is 27.7. The van der Waals surface area contributed by atoms with Gasteiger partial charge in [0.2, 0.25) is 0 Å². The van der Waals surface area contributed by atoms with Crippen LogP contribution >= 0.6 is 0 Å². The zero-order chi connectivity index (χ0) is 28.4. The molecule has 0 aliphatic heterocycles. The zero-order valence-electron chi connectivity index (χ0n) is 20.5. The minimum absolute atomic E-state index is 0.0365. The van der Waals surface area contributed by atoms with Crippen molar-refractivity contribution in [3.8, 4) is 16.9 Å². The van der Waals surface area contributed by atoms with Gasteiger partial charge < -0.3 is 10.4 Å². The van der Waals surface area contributed by atoms with Gasteiger partial charge in [0.05, 0.1) is 16.7 Å². The summed E-state index contributed by atoms with van der Waals surface area (Å²) in [5.74, 6) is -0.640. The van der Waals surface area contributed by atoms with E-state index in [9.17, 15) is 36.2 Å². The van der Waals surface area contributed by atoms with Gasteiger partial charge in [0, 0.05) is 24.9 Å². The molecule has 0 aliphatic carbocycles. The Kier molecular flexibility index (Phi) is 7.67. The van der Waals surface area contributed by atoms with Gasteiger partial charge in [0.15, 0.2) is 0 Å². The van der Waals surface area contributed by atoms with E-state index < -0.39 is 35.9 Å². The Morgan fingerprint density at radius 3 is 2.08 bits per heavy atom. The summed E-state index contributed by atoms with van der Waals surface area (Å²) in [6.45, 7) is 1.26. The molecule has 4 rings (SSSR count). The van der Waals surface area contributed by atoms with Crippen LogP contribution in [0.25, 0.3) is 11.1 Å². The van der Waals surface area contributed by atoms with Gasteiger partial charge in [0.1, 0.15) is 5.75 Å². The summed E-state index contributed by atoms with van der Waals surface area (Å²) in [5, 5.41) is 12.6. The van der Waals surface area contributed by atoms with Crippen LogP contribution in [0, 0.1) is 6.92 Å². The number of para-hydroxylation sites is 1. The van der Waals surface area contributed by atoms with Gasteiger partial charge in [-0.3, -0.25) is 9.78 Å². The molecule has 10 heteroatoms. The van der Waals surface area contributed by atoms with Crippen molar-refractivity contribution in [1.82, 2.24) is 10.3 Å². The molecule has 2 N–H and O–H groups in total. The first-order valence-corrected chi connectivity index (χ1v) is 11.7. The number of aryl methyl sites for hydroxylation is 1. The molecule has 0 fully saturated rings. The predicted octanol–water partition coefficient (Wildman–Crippen LogP) is 7.32. The van der Waals surface area contributed by atoms with Crippen LogP contribution in [0.2, 0.25) is 0 Å². The predicted molar refractivity (Wildman–Crippen MR) is 133 cm³/mol. The molecule has 1 aromatic heterocycles. The highest BCUT2D eigenvalue weighted by Gasteiger charge is 2.36. The number of nitrogens with one attached hydrogen (secondary N) is 1. The number of hydrogen-bond donors (Lipinski definition) is 2. The molecule has 4 aromatic rings. The number of nitrogens with zero attached hydrogens (tertiary/aromatic N) is 1. The normalized spacial score (nSPS) is 11.9. The van der Waals surface area contributed by atoms with Crippen LogP contribution in [-0.2, 0) is 25.3 Å². The standard InChI is InChI=1S/C29H22F6N2O2/c1-17-6-2-4-8-23(17)24-14-22(12-19-7-3-5-9-26(19)38)36-16-25(24)27(39)37-15-18-10-20(28(30,31)32)13-21(11-18)29(33,34)35/h2-11,13-14,16,38H,12,15H2,1H3,(H,37,39). The number of alkyl halides is 6. The van der Waals surface area contributed by atoms with E-state index in [4.69, 9.17) is 0 Å². The minimum Gasteiger partial charge on any atom is -0.508 e. The van der Waals surface area contributed by atoms with Crippen molar-refractivity contribution in [3.63, 3.8) is 0 Å². The fraction of sp³-hybridized carbons (Fsp3) is 0.172. The van der Waals surface area contributed by atoms with E-state index in [0.29, 0.717) is 34.5 Å². The first-order chi connectivity index (χ1) is 18.3. The van der Waals surface area contributed by atoms with Crippen molar-refractivity contribution in [2.45, 2.75) is 32.2 Å². The van der Waals surface area contributed by atoms with E-state index in [0.717, 1.165) is 5.56 Å². The first-order valence-electron chi connectivity index (χ1n) is 11.7. The maximum absolute atomic E-state index is 13.2. The maximum atomic E-state index is 13.2. The molecule has 0 bridgehead atoms. The van der Waals surface area contributed by atoms with Crippen molar-refractivity contribution in [2.24, 2.45) is 0 Å². The Hall–Kier alpha value is -4.34. The lowest BCUT2D eigenvalue weighted by Gasteiger charge is -2.16. The number of rotatable bonds is 6. The number of amides is 1. The topological polar surface area (TPSA) is 62.2 Å². The summed E-state index contributed by atoms with van der Waals surface area (Å²) in [7, 11) is 0. The van der Waals surface area contributed by atoms with Gasteiger partial charge in [0.25, 0.3) is 5.91 Å². The molecule has 0 saturated heterocycles. The molecule has 3 aromatic carbocycles. The lowest BCUT2D eigenvalue weighted by atomic mass is 9.95. The van der Waals surface area contributed by atoms with Crippen molar-refractivity contribution in [2.75, 3.05) is 0 Å². The number of pyridine rings is 1. The highest BCUT2D eigenvalue weighted by atomic mass is 19.4. The molecule has 0 atom stereocenters. The number of hydrogen-bond acceptors (Lipinski definition) is 3. The van der Waals surface area contributed by atoms with E-state index in [1.165, 1.54) is 12.3 Å². The van der Waals surface area contributed by atoms with Crippen molar-refractivity contribution >= 4 is 5.91 Å². The molecule has 1 heterocycles. The molecule has 1 amide bonds. The number of aromatic nitrogens is 1. The fourth-order valence-electron chi connectivity index (χ4n) is 4.13. The fourth-order valence-corrected chi connectivity index (χ4v) is 4.13. The van der Waals surface area contributed by atoms with Gasteiger partial charge >= 0.3 is 12.4 Å². The van der Waals surface area contributed by atoms with Gasteiger partial charge in [-0.05, 0) is 65.1 Å². The Bertz CT molecular complexity index is 1480. The average Bonchev–Trinajstić information content (AvgIpc) is 2.88. The number of phenolic OH excluding ortho intramolecular Hbond substituents is 1. The zero-order valence-corrected chi connectivity index (χ0v) is 20.5. The van der Waals surface area contributed by atoms with E-state index >= 15 is 0 Å². The summed E-state index contributed by atoms with van der Waals surface area (Å²) >= 11 is 0. The second kappa shape index (κ2) is 10.8. The number of carbonyl (C=O) groups is 1. The molecular formula is C29H22F6N2O2. The molecule has 0 aliphatic rings. The molecule has 0 spiro atoms. The smallest absolute Gasteiger partial charge is 0.416 e. The monoisotopic (exact) mass is 544 g/mol. The Labute approximate surface area is 220 Å². The third kappa shape index (κ3) is 6.57. The summed E-state index contributed by atoms with van der Waals surface area (Å²) in [6.07, 6.45) is -8.42. The number of carbonyl (C=O) groups excluding carboxylic acids is 1. The van der Waals surface area contributed by atoms with Crippen molar-refractivity contribution in [1.29, 1.82) is 0 Å². The van der Waals surface area contributed by atoms with E-state index in [1.807, 2.05) is 19.1 Å². The number of benzene rings is 3. The molecule has 0 unspecified atom stereocenters. The van der Waals surface area contributed by atoms with Gasteiger partial charge in [-0.15, -0.1) is 0 Å². The van der Waals surface area contributed by atoms with Crippen LogP contribution < -0.4 is 5.32 Å². The highest BCUT2D eigenvalue weighted by Crippen LogP contribution is 2.36. The molecule has 39 heavy (non-hydrogen) atoms. The summed E-state index contributed by atoms with van der Waals surface area (Å²) < 4.78 is 79.3. The Balaban J connectivity index is 1.67. The molecular weight excluding hydrogens is 522 g/mol. The summed E-state index contributed by atoms with van der Waals surface area (Å²) in [5.41, 5.74) is -0.0240. The Morgan fingerprint density at radius 1 is 0.846 bits per heavy atom. The number of aromatic hydroxyl groups is 1. The van der Waals surface area contributed by atoms with Crippen LogP contribution in [0.1, 0.15) is 43.9 Å². The minimum atomic E-state index is -5.00. The van der Waals surface area contributed by atoms with Gasteiger partial charge in [-0.25, -0.2) is 0 Å².